The molecule has 0 aliphatic rings. The Kier molecular flexibility index (Phi) is 5.43. The van der Waals surface area contributed by atoms with Gasteiger partial charge < -0.3 is 5.32 Å². The number of halogens is 2. The molecule has 0 bridgehead atoms. The average Bonchev–Trinajstić information content (AvgIpc) is 3.13. The first-order chi connectivity index (χ1) is 13.3. The fourth-order valence-corrected chi connectivity index (χ4v) is 2.86. The zero-order valence-corrected chi connectivity index (χ0v) is 16.0. The van der Waals surface area contributed by atoms with Crippen LogP contribution in [0.1, 0.15) is 41.4 Å². The van der Waals surface area contributed by atoms with Crippen molar-refractivity contribution in [1.82, 2.24) is 15.2 Å². The number of rotatable bonds is 5. The van der Waals surface area contributed by atoms with Gasteiger partial charge in [0, 0.05) is 17.0 Å². The van der Waals surface area contributed by atoms with E-state index in [4.69, 9.17) is 11.6 Å². The Labute approximate surface area is 166 Å². The van der Waals surface area contributed by atoms with Gasteiger partial charge in [0.15, 0.2) is 5.82 Å². The first kappa shape index (κ1) is 19.5. The molecule has 6 nitrogen and oxygen atoms in total. The van der Waals surface area contributed by atoms with E-state index >= 15 is 0 Å². The smallest absolute Gasteiger partial charge is 0.295 e. The van der Waals surface area contributed by atoms with Gasteiger partial charge in [-0.3, -0.25) is 9.89 Å². The highest BCUT2D eigenvalue weighted by molar-refractivity contribution is 6.31. The van der Waals surface area contributed by atoms with Crippen molar-refractivity contribution in [2.45, 2.75) is 25.7 Å². The number of nitrogens with zero attached hydrogens (tertiary/aromatic N) is 3. The summed E-state index contributed by atoms with van der Waals surface area (Å²) in [6, 6.07) is 14.3. The first-order valence-electron chi connectivity index (χ1n) is 8.47. The fourth-order valence-electron chi connectivity index (χ4n) is 2.64. The van der Waals surface area contributed by atoms with Gasteiger partial charge in [-0.1, -0.05) is 41.9 Å². The number of carbonyl (C=O) groups is 1. The summed E-state index contributed by atoms with van der Waals surface area (Å²) in [4.78, 5) is 16.6. The summed E-state index contributed by atoms with van der Waals surface area (Å²) in [5, 5.41) is 18.5. The van der Waals surface area contributed by atoms with Gasteiger partial charge in [-0.15, -0.1) is 5.10 Å². The highest BCUT2D eigenvalue weighted by atomic mass is 35.5. The minimum Gasteiger partial charge on any atom is -0.317 e. The molecule has 0 atom stereocenters. The minimum absolute atomic E-state index is 0.0950. The molecule has 0 saturated heterocycles. The molecule has 28 heavy (non-hydrogen) atoms. The number of nitrogens with one attached hydrogen (secondary N) is 2. The van der Waals surface area contributed by atoms with Gasteiger partial charge >= 0.3 is 0 Å². The van der Waals surface area contributed by atoms with Crippen molar-refractivity contribution in [3.8, 4) is 6.07 Å². The lowest BCUT2D eigenvalue weighted by molar-refractivity contribution is 0.101. The number of aromatic nitrogens is 3. The minimum atomic E-state index is -1.11. The van der Waals surface area contributed by atoms with Crippen LogP contribution >= 0.6 is 11.6 Å². The third kappa shape index (κ3) is 4.18. The lowest BCUT2D eigenvalue weighted by Gasteiger charge is -2.19. The number of H-pyrrole nitrogens is 1. The first-order valence-corrected chi connectivity index (χ1v) is 8.85. The number of anilines is 1. The molecule has 142 valence electrons. The molecule has 0 spiro atoms. The zero-order chi connectivity index (χ0) is 20.3. The van der Waals surface area contributed by atoms with Gasteiger partial charge in [-0.2, -0.15) is 5.26 Å². The molecule has 8 heteroatoms. The Balaban J connectivity index is 1.81. The molecule has 0 fully saturated rings. The lowest BCUT2D eigenvalue weighted by Crippen LogP contribution is -2.20. The molecule has 1 amide bonds. The second-order valence-corrected chi connectivity index (χ2v) is 7.21. The van der Waals surface area contributed by atoms with E-state index in [-0.39, 0.29) is 22.1 Å². The molecule has 2 aromatic carbocycles. The third-order valence-electron chi connectivity index (χ3n) is 4.19. The molecule has 0 aliphatic carbocycles. The van der Waals surface area contributed by atoms with Crippen molar-refractivity contribution in [3.63, 3.8) is 0 Å². The molecule has 1 heterocycles. The van der Waals surface area contributed by atoms with E-state index in [9.17, 15) is 14.4 Å². The third-order valence-corrected chi connectivity index (χ3v) is 4.41. The summed E-state index contributed by atoms with van der Waals surface area (Å²) in [5.74, 6) is -1.01. The summed E-state index contributed by atoms with van der Waals surface area (Å²) >= 11 is 6.04. The van der Waals surface area contributed by atoms with E-state index in [2.05, 4.69) is 20.5 Å². The maximum Gasteiger partial charge on any atom is 0.295 e. The SMILES string of the molecule is CC(C)(C#N)c1cc(Cl)cc(NC(=O)c2n[nH]c(Cc3ccccc3)n2)c1F. The highest BCUT2D eigenvalue weighted by Crippen LogP contribution is 2.32. The van der Waals surface area contributed by atoms with E-state index in [0.717, 1.165) is 5.56 Å². The van der Waals surface area contributed by atoms with Gasteiger partial charge in [0.2, 0.25) is 5.82 Å². The van der Waals surface area contributed by atoms with E-state index in [0.29, 0.717) is 12.2 Å². The molecular weight excluding hydrogens is 381 g/mol. The highest BCUT2D eigenvalue weighted by Gasteiger charge is 2.27. The molecule has 2 N–H and O–H groups in total. The summed E-state index contributed by atoms with van der Waals surface area (Å²) in [7, 11) is 0. The number of benzene rings is 2. The number of aromatic amines is 1. The Morgan fingerprint density at radius 2 is 2.04 bits per heavy atom. The summed E-state index contributed by atoms with van der Waals surface area (Å²) in [6.45, 7) is 3.14. The summed E-state index contributed by atoms with van der Waals surface area (Å²) in [5.41, 5.74) is -0.139. The second kappa shape index (κ2) is 7.79. The van der Waals surface area contributed by atoms with Gasteiger partial charge in [-0.25, -0.2) is 9.37 Å². The van der Waals surface area contributed by atoms with Crippen LogP contribution in [0.2, 0.25) is 5.02 Å². The molecule has 0 unspecified atom stereocenters. The van der Waals surface area contributed by atoms with E-state index in [1.807, 2.05) is 36.4 Å². The van der Waals surface area contributed by atoms with Crippen LogP contribution in [-0.4, -0.2) is 21.1 Å². The van der Waals surface area contributed by atoms with E-state index in [1.165, 1.54) is 12.1 Å². The average molecular weight is 398 g/mol. The summed E-state index contributed by atoms with van der Waals surface area (Å²) in [6.07, 6.45) is 0.479. The van der Waals surface area contributed by atoms with Gasteiger partial charge in [0.1, 0.15) is 5.82 Å². The fraction of sp³-hybridized carbons (Fsp3) is 0.200. The van der Waals surface area contributed by atoms with Crippen molar-refractivity contribution >= 4 is 23.2 Å². The number of hydrogen-bond donors (Lipinski definition) is 2. The van der Waals surface area contributed by atoms with Crippen LogP contribution < -0.4 is 5.32 Å². The molecule has 0 radical (unpaired) electrons. The zero-order valence-electron chi connectivity index (χ0n) is 15.3. The number of nitriles is 1. The Morgan fingerprint density at radius 3 is 2.71 bits per heavy atom. The van der Waals surface area contributed by atoms with Gasteiger partial charge in [0.05, 0.1) is 17.2 Å². The Bertz CT molecular complexity index is 1060. The van der Waals surface area contributed by atoms with Gasteiger partial charge in [0.25, 0.3) is 5.91 Å². The Morgan fingerprint density at radius 1 is 1.32 bits per heavy atom. The van der Waals surface area contributed by atoms with Crippen molar-refractivity contribution in [2.24, 2.45) is 0 Å². The largest absolute Gasteiger partial charge is 0.317 e. The second-order valence-electron chi connectivity index (χ2n) is 6.77. The quantitative estimate of drug-likeness (QED) is 0.673. The van der Waals surface area contributed by atoms with Crippen molar-refractivity contribution in [2.75, 3.05) is 5.32 Å². The Hall–Kier alpha value is -3.24. The van der Waals surface area contributed by atoms with Crippen molar-refractivity contribution in [3.05, 3.63) is 76.1 Å². The van der Waals surface area contributed by atoms with Crippen LogP contribution in [0.5, 0.6) is 0 Å². The number of amides is 1. The number of carbonyl (C=O) groups excluding carboxylic acids is 1. The van der Waals surface area contributed by atoms with Crippen LogP contribution in [0.15, 0.2) is 42.5 Å². The topological polar surface area (TPSA) is 94.5 Å². The predicted octanol–water partition coefficient (Wildman–Crippen LogP) is 4.24. The normalized spacial score (nSPS) is 11.1. The van der Waals surface area contributed by atoms with Crippen molar-refractivity contribution < 1.29 is 9.18 Å². The standard InChI is InChI=1S/C20H17ClFN5O/c1-20(2,11-23)14-9-13(21)10-15(17(14)22)24-19(28)18-25-16(26-27-18)8-12-6-4-3-5-7-12/h3-7,9-10H,8H2,1-2H3,(H,24,28)(H,25,26,27). The van der Waals surface area contributed by atoms with Crippen LogP contribution in [0.3, 0.4) is 0 Å². The lowest BCUT2D eigenvalue weighted by atomic mass is 9.85. The molecule has 0 saturated carbocycles. The van der Waals surface area contributed by atoms with E-state index < -0.39 is 17.1 Å². The molecule has 3 rings (SSSR count). The molecule has 3 aromatic rings. The summed E-state index contributed by atoms with van der Waals surface area (Å²) < 4.78 is 14.8. The predicted molar refractivity (Wildman–Crippen MR) is 104 cm³/mol. The maximum absolute atomic E-state index is 14.8. The molecule has 1 aromatic heterocycles. The van der Waals surface area contributed by atoms with Crippen molar-refractivity contribution in [1.29, 1.82) is 5.26 Å². The molecule has 0 aliphatic heterocycles. The van der Waals surface area contributed by atoms with Crippen LogP contribution in [0.4, 0.5) is 10.1 Å². The number of hydrogen-bond acceptors (Lipinski definition) is 4. The molecular formula is C20H17ClFN5O. The van der Waals surface area contributed by atoms with E-state index in [1.54, 1.807) is 13.8 Å². The van der Waals surface area contributed by atoms with Gasteiger partial charge in [-0.05, 0) is 31.5 Å². The van der Waals surface area contributed by atoms with Crippen LogP contribution in [0.25, 0.3) is 0 Å². The monoisotopic (exact) mass is 397 g/mol. The van der Waals surface area contributed by atoms with Crippen LogP contribution in [-0.2, 0) is 11.8 Å². The maximum atomic E-state index is 14.8. The van der Waals surface area contributed by atoms with Crippen LogP contribution in [0, 0.1) is 17.1 Å².